The number of alkyl halides is 3. The lowest BCUT2D eigenvalue weighted by molar-refractivity contribution is -0.185. The molecule has 2 rings (SSSR count). The maximum atomic E-state index is 12.6. The van der Waals surface area contributed by atoms with E-state index in [-0.39, 0.29) is 44.3 Å². The van der Waals surface area contributed by atoms with Crippen molar-refractivity contribution in [2.45, 2.75) is 19.0 Å². The summed E-state index contributed by atoms with van der Waals surface area (Å²) in [4.78, 5) is 46.0. The highest BCUT2D eigenvalue weighted by Gasteiger charge is 2.42. The Morgan fingerprint density at radius 1 is 1.08 bits per heavy atom. The summed E-state index contributed by atoms with van der Waals surface area (Å²) < 4.78 is 37.7. The van der Waals surface area contributed by atoms with Crippen molar-refractivity contribution in [1.82, 2.24) is 9.80 Å². The largest absolute Gasteiger partial charge is 0.471 e. The number of imide groups is 1. The van der Waals surface area contributed by atoms with E-state index >= 15 is 0 Å². The number of benzene rings is 1. The van der Waals surface area contributed by atoms with Crippen molar-refractivity contribution in [3.8, 4) is 0 Å². The molecule has 6 nitrogen and oxygen atoms in total. The minimum atomic E-state index is -4.91. The van der Waals surface area contributed by atoms with E-state index in [4.69, 9.17) is 0 Å². The quantitative estimate of drug-likeness (QED) is 0.582. The van der Waals surface area contributed by atoms with Crippen LogP contribution in [-0.2, 0) is 27.2 Å². The van der Waals surface area contributed by atoms with E-state index in [1.54, 1.807) is 6.07 Å². The van der Waals surface area contributed by atoms with Gasteiger partial charge in [0.2, 0.25) is 12.8 Å². The molecule has 0 aliphatic carbocycles. The monoisotopic (exact) mass is 356 g/mol. The summed E-state index contributed by atoms with van der Waals surface area (Å²) in [5, 5.41) is 0. The molecule has 134 valence electrons. The first kappa shape index (κ1) is 18.6. The molecule has 0 spiro atoms. The van der Waals surface area contributed by atoms with Crippen LogP contribution in [0.3, 0.4) is 0 Å². The Hall–Kier alpha value is -2.71. The molecule has 0 atom stereocenters. The van der Waals surface area contributed by atoms with E-state index in [1.165, 1.54) is 12.1 Å². The second-order valence-corrected chi connectivity index (χ2v) is 5.58. The Balaban J connectivity index is 2.14. The van der Waals surface area contributed by atoms with Gasteiger partial charge in [0.15, 0.2) is 5.78 Å². The van der Waals surface area contributed by atoms with Crippen molar-refractivity contribution in [1.29, 1.82) is 0 Å². The van der Waals surface area contributed by atoms with Gasteiger partial charge in [0.1, 0.15) is 0 Å². The van der Waals surface area contributed by atoms with E-state index < -0.39 is 24.4 Å². The maximum absolute atomic E-state index is 12.6. The summed E-state index contributed by atoms with van der Waals surface area (Å²) in [6.07, 6.45) is -4.02. The van der Waals surface area contributed by atoms with Crippen molar-refractivity contribution < 1.29 is 32.3 Å². The average molecular weight is 356 g/mol. The van der Waals surface area contributed by atoms with E-state index in [9.17, 15) is 32.3 Å². The third kappa shape index (κ3) is 4.43. The van der Waals surface area contributed by atoms with Crippen molar-refractivity contribution in [3.05, 3.63) is 34.9 Å². The number of rotatable bonds is 5. The number of hydrogen-bond donors (Lipinski definition) is 0. The highest BCUT2D eigenvalue weighted by atomic mass is 19.4. The number of carbonyl (C=O) groups excluding carboxylic acids is 4. The van der Waals surface area contributed by atoms with Crippen LogP contribution in [-0.4, -0.2) is 60.1 Å². The Morgan fingerprint density at radius 2 is 1.68 bits per heavy atom. The fourth-order valence-corrected chi connectivity index (χ4v) is 2.64. The van der Waals surface area contributed by atoms with Crippen LogP contribution in [0.5, 0.6) is 0 Å². The predicted octanol–water partition coefficient (Wildman–Crippen LogP) is 0.974. The van der Waals surface area contributed by atoms with Gasteiger partial charge in [0.25, 0.3) is 0 Å². The van der Waals surface area contributed by atoms with Gasteiger partial charge in [-0.1, -0.05) is 12.1 Å². The SMILES string of the molecule is O=CN(C=O)CC(=O)c1ccc2c(c1)CCN(C(=O)C(F)(F)F)CC2. The zero-order valence-electron chi connectivity index (χ0n) is 13.1. The number of amides is 3. The first-order chi connectivity index (χ1) is 11.8. The van der Waals surface area contributed by atoms with Gasteiger partial charge in [0, 0.05) is 18.7 Å². The van der Waals surface area contributed by atoms with Crippen molar-refractivity contribution in [2.75, 3.05) is 19.6 Å². The van der Waals surface area contributed by atoms with Gasteiger partial charge in [-0.3, -0.25) is 24.1 Å². The van der Waals surface area contributed by atoms with Gasteiger partial charge in [0.05, 0.1) is 6.54 Å². The molecule has 0 fully saturated rings. The molecule has 0 unspecified atom stereocenters. The molecule has 25 heavy (non-hydrogen) atoms. The summed E-state index contributed by atoms with van der Waals surface area (Å²) in [5.41, 5.74) is 1.69. The maximum Gasteiger partial charge on any atom is 0.471 e. The number of halogens is 3. The molecule has 3 amide bonds. The summed E-state index contributed by atoms with van der Waals surface area (Å²) in [7, 11) is 0. The van der Waals surface area contributed by atoms with Gasteiger partial charge >= 0.3 is 12.1 Å². The molecule has 0 bridgehead atoms. The molecule has 1 aromatic carbocycles. The normalized spacial score (nSPS) is 14.3. The second-order valence-electron chi connectivity index (χ2n) is 5.58. The fraction of sp³-hybridized carbons (Fsp3) is 0.375. The highest BCUT2D eigenvalue weighted by molar-refractivity contribution is 5.99. The number of hydrogen-bond acceptors (Lipinski definition) is 4. The van der Waals surface area contributed by atoms with Crippen LogP contribution < -0.4 is 0 Å². The molecule has 1 aromatic rings. The van der Waals surface area contributed by atoms with E-state index in [1.807, 2.05) is 0 Å². The molecule has 0 radical (unpaired) electrons. The van der Waals surface area contributed by atoms with Gasteiger partial charge in [-0.2, -0.15) is 13.2 Å². The van der Waals surface area contributed by atoms with E-state index in [2.05, 4.69) is 0 Å². The minimum absolute atomic E-state index is 0.0529. The third-order valence-electron chi connectivity index (χ3n) is 3.96. The second kappa shape index (κ2) is 7.45. The van der Waals surface area contributed by atoms with Crippen LogP contribution in [0.4, 0.5) is 13.2 Å². The van der Waals surface area contributed by atoms with Crippen molar-refractivity contribution >= 4 is 24.5 Å². The molecule has 0 N–H and O–H groups in total. The first-order valence-electron chi connectivity index (χ1n) is 7.43. The molecule has 9 heteroatoms. The number of Topliss-reactive ketones (excluding diaryl/α,β-unsaturated/α-hetero) is 1. The topological polar surface area (TPSA) is 74.8 Å². The lowest BCUT2D eigenvalue weighted by Gasteiger charge is -2.21. The van der Waals surface area contributed by atoms with Crippen molar-refractivity contribution in [3.63, 3.8) is 0 Å². The van der Waals surface area contributed by atoms with Crippen LogP contribution in [0.25, 0.3) is 0 Å². The summed E-state index contributed by atoms with van der Waals surface area (Å²) >= 11 is 0. The van der Waals surface area contributed by atoms with E-state index in [0.29, 0.717) is 10.5 Å². The summed E-state index contributed by atoms with van der Waals surface area (Å²) in [6, 6.07) is 4.65. The number of fused-ring (bicyclic) bond motifs is 1. The fourth-order valence-electron chi connectivity index (χ4n) is 2.64. The molecule has 1 aliphatic rings. The number of nitrogens with zero attached hydrogens (tertiary/aromatic N) is 2. The molecule has 1 heterocycles. The molecular weight excluding hydrogens is 341 g/mol. The van der Waals surface area contributed by atoms with Crippen LogP contribution in [0.2, 0.25) is 0 Å². The van der Waals surface area contributed by atoms with E-state index in [0.717, 1.165) is 10.5 Å². The zero-order chi connectivity index (χ0) is 18.6. The Bertz CT molecular complexity index is 695. The van der Waals surface area contributed by atoms with Crippen LogP contribution in [0.15, 0.2) is 18.2 Å². The minimum Gasteiger partial charge on any atom is -0.334 e. The summed E-state index contributed by atoms with van der Waals surface area (Å²) in [5.74, 6) is -2.33. The standard InChI is InChI=1S/C16H15F3N2O4/c17-16(18,19)15(25)21-5-3-11-1-2-13(7-12(11)4-6-21)14(24)8-20(9-22)10-23/h1-2,7,9-10H,3-6,8H2. The highest BCUT2D eigenvalue weighted by Crippen LogP contribution is 2.23. The summed E-state index contributed by atoms with van der Waals surface area (Å²) in [6.45, 7) is -0.565. The van der Waals surface area contributed by atoms with Crippen LogP contribution in [0.1, 0.15) is 21.5 Å². The van der Waals surface area contributed by atoms with Crippen molar-refractivity contribution in [2.24, 2.45) is 0 Å². The molecule has 0 saturated heterocycles. The van der Waals surface area contributed by atoms with Gasteiger partial charge < -0.3 is 4.90 Å². The molecule has 1 aliphatic heterocycles. The van der Waals surface area contributed by atoms with Gasteiger partial charge in [-0.15, -0.1) is 0 Å². The zero-order valence-corrected chi connectivity index (χ0v) is 13.1. The number of ketones is 1. The first-order valence-corrected chi connectivity index (χ1v) is 7.43. The average Bonchev–Trinajstić information content (AvgIpc) is 2.79. The smallest absolute Gasteiger partial charge is 0.334 e. The lowest BCUT2D eigenvalue weighted by atomic mass is 9.98. The lowest BCUT2D eigenvalue weighted by Crippen LogP contribution is -2.42. The molecular formula is C16H15F3N2O4. The Labute approximate surface area is 141 Å². The van der Waals surface area contributed by atoms with Crippen LogP contribution >= 0.6 is 0 Å². The molecule has 0 saturated carbocycles. The number of carbonyl (C=O) groups is 4. The Kier molecular flexibility index (Phi) is 5.55. The third-order valence-corrected chi connectivity index (χ3v) is 3.96. The molecule has 0 aromatic heterocycles. The van der Waals surface area contributed by atoms with Gasteiger partial charge in [-0.05, 0) is 30.0 Å². The van der Waals surface area contributed by atoms with Gasteiger partial charge in [-0.25, -0.2) is 0 Å². The Morgan fingerprint density at radius 3 is 2.24 bits per heavy atom. The predicted molar refractivity (Wildman–Crippen MR) is 79.6 cm³/mol. The van der Waals surface area contributed by atoms with Crippen LogP contribution in [0, 0.1) is 0 Å².